The van der Waals surface area contributed by atoms with E-state index in [1.165, 1.54) is 0 Å². The van der Waals surface area contributed by atoms with Crippen LogP contribution in [0.5, 0.6) is 0 Å². The Morgan fingerprint density at radius 3 is 2.81 bits per heavy atom. The summed E-state index contributed by atoms with van der Waals surface area (Å²) in [5, 5.41) is 23.7. The first-order valence-corrected chi connectivity index (χ1v) is 9.77. The number of H-pyrrole nitrogens is 1. The minimum Gasteiger partial charge on any atom is -0.341 e. The van der Waals surface area contributed by atoms with Crippen molar-refractivity contribution in [1.82, 2.24) is 10.2 Å². The second-order valence-corrected chi connectivity index (χ2v) is 7.53. The number of benzene rings is 1. The molecule has 1 aromatic carbocycles. The van der Waals surface area contributed by atoms with Gasteiger partial charge in [-0.05, 0) is 29.5 Å². The van der Waals surface area contributed by atoms with Gasteiger partial charge in [-0.2, -0.15) is 10.4 Å². The van der Waals surface area contributed by atoms with E-state index < -0.39 is 0 Å². The molecule has 4 nitrogen and oxygen atoms in total. The van der Waals surface area contributed by atoms with Gasteiger partial charge in [-0.25, -0.2) is 0 Å². The third-order valence-corrected chi connectivity index (χ3v) is 5.81. The molecule has 0 aliphatic carbocycles. The van der Waals surface area contributed by atoms with Crippen LogP contribution >= 0.6 is 22.9 Å². The molecule has 0 radical (unpaired) electrons. The molecule has 1 aliphatic rings. The molecule has 6 heteroatoms. The molecule has 3 aromatic rings. The number of aromatic amines is 1. The molecule has 130 valence electrons. The molecule has 1 aliphatic heterocycles. The monoisotopic (exact) mass is 380 g/mol. The van der Waals surface area contributed by atoms with E-state index in [1.807, 2.05) is 35.7 Å². The number of halogens is 1. The molecule has 2 N–H and O–H groups in total. The molecular weight excluding hydrogens is 364 g/mol. The van der Waals surface area contributed by atoms with Crippen molar-refractivity contribution in [3.63, 3.8) is 0 Å². The number of anilines is 1. The number of nitrogens with zero attached hydrogens (tertiary/aromatic N) is 2. The standard InChI is InChI=1S/C20H17ClN4S/c1-2-6-15-13(11-22)17(12-7-3-4-8-14(12)21)18-19(16-9-5-10-26-16)24-25-20(18)23-15/h3-5,7-10,17H,2,6H2,1H3,(H2,23,24,25). The van der Waals surface area contributed by atoms with Gasteiger partial charge in [-0.3, -0.25) is 5.10 Å². The van der Waals surface area contributed by atoms with Crippen molar-refractivity contribution in [3.05, 3.63) is 69.2 Å². The lowest BCUT2D eigenvalue weighted by Crippen LogP contribution is -2.18. The Morgan fingerprint density at radius 1 is 1.27 bits per heavy atom. The van der Waals surface area contributed by atoms with Crippen LogP contribution in [0.25, 0.3) is 10.6 Å². The summed E-state index contributed by atoms with van der Waals surface area (Å²) >= 11 is 8.18. The highest BCUT2D eigenvalue weighted by Gasteiger charge is 2.35. The van der Waals surface area contributed by atoms with Crippen LogP contribution in [0.15, 0.2) is 53.0 Å². The van der Waals surface area contributed by atoms with Crippen LogP contribution in [0, 0.1) is 11.3 Å². The minimum atomic E-state index is -0.234. The van der Waals surface area contributed by atoms with E-state index in [0.717, 1.165) is 46.1 Å². The summed E-state index contributed by atoms with van der Waals surface area (Å²) in [5.41, 5.74) is 4.50. The van der Waals surface area contributed by atoms with Crippen LogP contribution in [0.3, 0.4) is 0 Å². The van der Waals surface area contributed by atoms with Crippen molar-refractivity contribution < 1.29 is 0 Å². The Labute approximate surface area is 161 Å². The maximum absolute atomic E-state index is 9.98. The summed E-state index contributed by atoms with van der Waals surface area (Å²) in [4.78, 5) is 1.09. The summed E-state index contributed by atoms with van der Waals surface area (Å²) in [7, 11) is 0. The van der Waals surface area contributed by atoms with Gasteiger partial charge in [-0.1, -0.05) is 49.2 Å². The molecule has 0 saturated carbocycles. The zero-order valence-electron chi connectivity index (χ0n) is 14.2. The predicted octanol–water partition coefficient (Wildman–Crippen LogP) is 5.93. The third-order valence-electron chi connectivity index (χ3n) is 4.58. The molecule has 0 amide bonds. The van der Waals surface area contributed by atoms with Gasteiger partial charge in [-0.15, -0.1) is 11.3 Å². The zero-order valence-corrected chi connectivity index (χ0v) is 15.8. The molecule has 4 rings (SSSR count). The predicted molar refractivity (Wildman–Crippen MR) is 106 cm³/mol. The quantitative estimate of drug-likeness (QED) is 0.589. The Kier molecular flexibility index (Phi) is 4.54. The Balaban J connectivity index is 1.98. The zero-order chi connectivity index (χ0) is 18.1. The number of rotatable bonds is 4. The van der Waals surface area contributed by atoms with Gasteiger partial charge in [0, 0.05) is 16.3 Å². The molecule has 0 spiro atoms. The van der Waals surface area contributed by atoms with Gasteiger partial charge < -0.3 is 5.32 Å². The third kappa shape index (κ3) is 2.72. The smallest absolute Gasteiger partial charge is 0.156 e. The molecular formula is C20H17ClN4S. The van der Waals surface area contributed by atoms with Crippen molar-refractivity contribution in [1.29, 1.82) is 5.26 Å². The maximum atomic E-state index is 9.98. The van der Waals surface area contributed by atoms with Crippen molar-refractivity contribution in [2.24, 2.45) is 0 Å². The molecule has 0 bridgehead atoms. The fourth-order valence-electron chi connectivity index (χ4n) is 3.46. The van der Waals surface area contributed by atoms with Crippen molar-refractivity contribution in [2.75, 3.05) is 5.32 Å². The van der Waals surface area contributed by atoms with Crippen LogP contribution in [-0.4, -0.2) is 10.2 Å². The summed E-state index contributed by atoms with van der Waals surface area (Å²) < 4.78 is 0. The SMILES string of the molecule is CCCC1=C(C#N)C(c2ccccc2Cl)c2c(n[nH]c2-c2cccs2)N1. The summed E-state index contributed by atoms with van der Waals surface area (Å²) in [6.07, 6.45) is 1.74. The van der Waals surface area contributed by atoms with Crippen LogP contribution in [-0.2, 0) is 0 Å². The van der Waals surface area contributed by atoms with Crippen LogP contribution in [0.2, 0.25) is 5.02 Å². The molecule has 1 atom stereocenters. The maximum Gasteiger partial charge on any atom is 0.156 e. The number of nitriles is 1. The van der Waals surface area contributed by atoms with Gasteiger partial charge in [0.1, 0.15) is 0 Å². The molecule has 3 heterocycles. The summed E-state index contributed by atoms with van der Waals surface area (Å²) in [6.45, 7) is 2.10. The van der Waals surface area contributed by atoms with Crippen molar-refractivity contribution in [3.8, 4) is 16.6 Å². The Hall–Kier alpha value is -2.55. The van der Waals surface area contributed by atoms with Gasteiger partial charge in [0.25, 0.3) is 0 Å². The fourth-order valence-corrected chi connectivity index (χ4v) is 4.44. The average molecular weight is 381 g/mol. The average Bonchev–Trinajstić information content (AvgIpc) is 3.30. The summed E-state index contributed by atoms with van der Waals surface area (Å²) in [6, 6.07) is 14.2. The first-order chi connectivity index (χ1) is 12.7. The van der Waals surface area contributed by atoms with Gasteiger partial charge in [0.15, 0.2) is 5.82 Å². The minimum absolute atomic E-state index is 0.234. The van der Waals surface area contributed by atoms with Crippen LogP contribution in [0.4, 0.5) is 5.82 Å². The lowest BCUT2D eigenvalue weighted by Gasteiger charge is -2.27. The van der Waals surface area contributed by atoms with Crippen LogP contribution in [0.1, 0.15) is 36.8 Å². The molecule has 2 aromatic heterocycles. The topological polar surface area (TPSA) is 64.5 Å². The summed E-state index contributed by atoms with van der Waals surface area (Å²) in [5.74, 6) is 0.545. The molecule has 1 unspecified atom stereocenters. The van der Waals surface area contributed by atoms with E-state index in [0.29, 0.717) is 10.6 Å². The first-order valence-electron chi connectivity index (χ1n) is 8.51. The second-order valence-electron chi connectivity index (χ2n) is 6.17. The fraction of sp³-hybridized carbons (Fsp3) is 0.200. The highest BCUT2D eigenvalue weighted by Crippen LogP contribution is 2.47. The molecule has 0 saturated heterocycles. The Morgan fingerprint density at radius 2 is 2.12 bits per heavy atom. The van der Waals surface area contributed by atoms with Gasteiger partial charge in [0.05, 0.1) is 28.1 Å². The highest BCUT2D eigenvalue weighted by atomic mass is 35.5. The lowest BCUT2D eigenvalue weighted by atomic mass is 9.81. The number of fused-ring (bicyclic) bond motifs is 1. The number of nitrogens with one attached hydrogen (secondary N) is 2. The van der Waals surface area contributed by atoms with Crippen molar-refractivity contribution >= 4 is 28.8 Å². The number of hydrogen-bond donors (Lipinski definition) is 2. The van der Waals surface area contributed by atoms with Gasteiger partial charge >= 0.3 is 0 Å². The number of thiophene rings is 1. The number of allylic oxidation sites excluding steroid dienone is 2. The normalized spacial score (nSPS) is 16.1. The van der Waals surface area contributed by atoms with Gasteiger partial charge in [0.2, 0.25) is 0 Å². The number of aromatic nitrogens is 2. The van der Waals surface area contributed by atoms with Crippen molar-refractivity contribution in [2.45, 2.75) is 25.7 Å². The largest absolute Gasteiger partial charge is 0.341 e. The molecule has 26 heavy (non-hydrogen) atoms. The number of hydrogen-bond acceptors (Lipinski definition) is 4. The van der Waals surface area contributed by atoms with E-state index in [1.54, 1.807) is 11.3 Å². The van der Waals surface area contributed by atoms with E-state index in [-0.39, 0.29) is 5.92 Å². The van der Waals surface area contributed by atoms with Crippen LogP contribution < -0.4 is 5.32 Å². The van der Waals surface area contributed by atoms with E-state index >= 15 is 0 Å². The first kappa shape index (κ1) is 16.9. The Bertz CT molecular complexity index is 1010. The molecule has 0 fully saturated rings. The highest BCUT2D eigenvalue weighted by molar-refractivity contribution is 7.13. The van der Waals surface area contributed by atoms with E-state index in [4.69, 9.17) is 11.6 Å². The van der Waals surface area contributed by atoms with E-state index in [2.05, 4.69) is 34.6 Å². The second kappa shape index (κ2) is 6.99. The lowest BCUT2D eigenvalue weighted by molar-refractivity contribution is 0.849. The van der Waals surface area contributed by atoms with E-state index in [9.17, 15) is 5.26 Å².